The second-order valence-electron chi connectivity index (χ2n) is 5.89. The molecule has 110 valence electrons. The number of carbonyl (C=O) groups is 1. The Hall–Kier alpha value is -0.940. The van der Waals surface area contributed by atoms with Crippen molar-refractivity contribution in [1.82, 2.24) is 15.2 Å². The van der Waals surface area contributed by atoms with Crippen LogP contribution in [0.5, 0.6) is 0 Å². The van der Waals surface area contributed by atoms with E-state index in [0.29, 0.717) is 24.4 Å². The molecule has 2 saturated heterocycles. The summed E-state index contributed by atoms with van der Waals surface area (Å²) in [6, 6.07) is 0.931. The van der Waals surface area contributed by atoms with Crippen molar-refractivity contribution in [2.45, 2.75) is 57.5 Å². The van der Waals surface area contributed by atoms with E-state index >= 15 is 0 Å². The van der Waals surface area contributed by atoms with Crippen molar-refractivity contribution < 1.29 is 4.79 Å². The molecule has 2 atom stereocenters. The van der Waals surface area contributed by atoms with Gasteiger partial charge in [0, 0.05) is 30.4 Å². The molecule has 2 bridgehead atoms. The summed E-state index contributed by atoms with van der Waals surface area (Å²) in [4.78, 5) is 19.1. The summed E-state index contributed by atoms with van der Waals surface area (Å²) in [7, 11) is 0. The van der Waals surface area contributed by atoms with E-state index in [-0.39, 0.29) is 0 Å². The third-order valence-electron chi connectivity index (χ3n) is 4.43. The molecule has 4 nitrogen and oxygen atoms in total. The molecular formula is C15H23N3OS. The number of aromatic nitrogens is 1. The molecule has 0 saturated carbocycles. The predicted molar refractivity (Wildman–Crippen MR) is 80.9 cm³/mol. The molecule has 0 aliphatic carbocycles. The minimum atomic E-state index is 0.355. The van der Waals surface area contributed by atoms with Crippen molar-refractivity contribution in [1.29, 1.82) is 0 Å². The second-order valence-corrected chi connectivity index (χ2v) is 6.95. The monoisotopic (exact) mass is 293 g/mol. The van der Waals surface area contributed by atoms with Crippen molar-refractivity contribution in [3.8, 4) is 0 Å². The highest BCUT2D eigenvalue weighted by Crippen LogP contribution is 2.28. The molecule has 1 N–H and O–H groups in total. The minimum absolute atomic E-state index is 0.355. The Morgan fingerprint density at radius 1 is 1.45 bits per heavy atom. The number of aryl methyl sites for hydroxylation is 2. The van der Waals surface area contributed by atoms with E-state index in [1.165, 1.54) is 12.8 Å². The van der Waals surface area contributed by atoms with E-state index < -0.39 is 0 Å². The van der Waals surface area contributed by atoms with E-state index in [2.05, 4.69) is 20.6 Å². The lowest BCUT2D eigenvalue weighted by molar-refractivity contribution is -0.133. The quantitative estimate of drug-likeness (QED) is 0.925. The van der Waals surface area contributed by atoms with Gasteiger partial charge in [-0.1, -0.05) is 0 Å². The number of thiazole rings is 1. The van der Waals surface area contributed by atoms with E-state index in [4.69, 9.17) is 0 Å². The number of nitrogens with one attached hydrogen (secondary N) is 1. The Balaban J connectivity index is 1.51. The number of rotatable bonds is 4. The van der Waals surface area contributed by atoms with Crippen molar-refractivity contribution in [2.75, 3.05) is 13.1 Å². The first-order valence-corrected chi connectivity index (χ1v) is 8.55. The van der Waals surface area contributed by atoms with Gasteiger partial charge in [-0.2, -0.15) is 0 Å². The molecule has 3 rings (SSSR count). The lowest BCUT2D eigenvalue weighted by Gasteiger charge is -2.28. The zero-order valence-corrected chi connectivity index (χ0v) is 12.9. The van der Waals surface area contributed by atoms with Gasteiger partial charge < -0.3 is 10.2 Å². The van der Waals surface area contributed by atoms with Crippen LogP contribution in [0.25, 0.3) is 0 Å². The number of amides is 1. The van der Waals surface area contributed by atoms with Crippen LogP contribution >= 0.6 is 11.3 Å². The van der Waals surface area contributed by atoms with Gasteiger partial charge in [-0.3, -0.25) is 4.79 Å². The van der Waals surface area contributed by atoms with Gasteiger partial charge in [0.25, 0.3) is 0 Å². The molecule has 2 unspecified atom stereocenters. The van der Waals surface area contributed by atoms with Crippen molar-refractivity contribution >= 4 is 17.2 Å². The Labute approximate surface area is 124 Å². The number of hydrogen-bond acceptors (Lipinski definition) is 4. The van der Waals surface area contributed by atoms with Crippen LogP contribution in [0.1, 0.15) is 42.8 Å². The Morgan fingerprint density at radius 3 is 3.10 bits per heavy atom. The minimum Gasteiger partial charge on any atom is -0.335 e. The predicted octanol–water partition coefficient (Wildman–Crippen LogP) is 2.13. The fraction of sp³-hybridized carbons (Fsp3) is 0.733. The number of hydrogen-bond donors (Lipinski definition) is 1. The average molecular weight is 293 g/mol. The number of carbonyl (C=O) groups excluding carboxylic acids is 1. The van der Waals surface area contributed by atoms with E-state index in [1.54, 1.807) is 11.3 Å². The summed E-state index contributed by atoms with van der Waals surface area (Å²) in [6.45, 7) is 4.07. The van der Waals surface area contributed by atoms with Gasteiger partial charge in [0.1, 0.15) is 0 Å². The summed E-state index contributed by atoms with van der Waals surface area (Å²) >= 11 is 1.69. The van der Waals surface area contributed by atoms with E-state index in [0.717, 1.165) is 43.1 Å². The maximum atomic E-state index is 12.5. The molecule has 0 radical (unpaired) electrons. The highest BCUT2D eigenvalue weighted by molar-refractivity contribution is 7.09. The zero-order chi connectivity index (χ0) is 13.9. The summed E-state index contributed by atoms with van der Waals surface area (Å²) in [5.74, 6) is 0.355. The van der Waals surface area contributed by atoms with Gasteiger partial charge in [0.05, 0.1) is 10.7 Å². The van der Waals surface area contributed by atoms with Crippen molar-refractivity contribution in [2.24, 2.45) is 0 Å². The molecule has 1 aromatic heterocycles. The maximum Gasteiger partial charge on any atom is 0.223 e. The van der Waals surface area contributed by atoms with Crippen LogP contribution in [-0.4, -0.2) is 41.0 Å². The van der Waals surface area contributed by atoms with Gasteiger partial charge >= 0.3 is 0 Å². The van der Waals surface area contributed by atoms with Gasteiger partial charge in [-0.15, -0.1) is 11.3 Å². The van der Waals surface area contributed by atoms with E-state index in [9.17, 15) is 4.79 Å². The molecule has 5 heteroatoms. The normalized spacial score (nSPS) is 25.8. The third-order valence-corrected chi connectivity index (χ3v) is 5.25. The van der Waals surface area contributed by atoms with Crippen molar-refractivity contribution in [3.63, 3.8) is 0 Å². The van der Waals surface area contributed by atoms with Crippen LogP contribution in [0.2, 0.25) is 0 Å². The molecule has 1 aromatic rings. The van der Waals surface area contributed by atoms with E-state index in [1.807, 2.05) is 6.92 Å². The summed E-state index contributed by atoms with van der Waals surface area (Å²) in [5, 5.41) is 6.67. The molecule has 2 aliphatic heterocycles. The first-order valence-electron chi connectivity index (χ1n) is 7.67. The first-order chi connectivity index (χ1) is 9.74. The SMILES string of the molecule is Cc1nc(CCCC(=O)N2C3CCNCC2CC3)cs1. The molecule has 0 spiro atoms. The maximum absolute atomic E-state index is 12.5. The van der Waals surface area contributed by atoms with Crippen LogP contribution in [0, 0.1) is 6.92 Å². The summed E-state index contributed by atoms with van der Waals surface area (Å²) in [6.07, 6.45) is 6.01. The summed E-state index contributed by atoms with van der Waals surface area (Å²) < 4.78 is 0. The lowest BCUT2D eigenvalue weighted by atomic mass is 10.1. The third kappa shape index (κ3) is 3.04. The number of nitrogens with zero attached hydrogens (tertiary/aromatic N) is 2. The summed E-state index contributed by atoms with van der Waals surface area (Å²) in [5.41, 5.74) is 1.14. The first kappa shape index (κ1) is 14.0. The molecule has 2 fully saturated rings. The molecule has 2 aliphatic rings. The Kier molecular flexibility index (Phi) is 4.36. The largest absolute Gasteiger partial charge is 0.335 e. The van der Waals surface area contributed by atoms with Gasteiger partial charge in [0.2, 0.25) is 5.91 Å². The van der Waals surface area contributed by atoms with Crippen molar-refractivity contribution in [3.05, 3.63) is 16.1 Å². The fourth-order valence-corrected chi connectivity index (χ4v) is 4.11. The van der Waals surface area contributed by atoms with Crippen LogP contribution in [0.4, 0.5) is 0 Å². The van der Waals surface area contributed by atoms with Crippen LogP contribution < -0.4 is 5.32 Å². The van der Waals surface area contributed by atoms with Crippen LogP contribution in [0.3, 0.4) is 0 Å². The highest BCUT2D eigenvalue weighted by atomic mass is 32.1. The van der Waals surface area contributed by atoms with Crippen LogP contribution in [0.15, 0.2) is 5.38 Å². The molecule has 20 heavy (non-hydrogen) atoms. The van der Waals surface area contributed by atoms with Gasteiger partial charge in [0.15, 0.2) is 0 Å². The van der Waals surface area contributed by atoms with Gasteiger partial charge in [-0.05, 0) is 45.6 Å². The Bertz CT molecular complexity index is 459. The standard InChI is InChI=1S/C15H23N3OS/c1-11-17-12(10-20-11)3-2-4-15(19)18-13-5-6-14(18)9-16-8-7-13/h10,13-14,16H,2-9H2,1H3. The topological polar surface area (TPSA) is 45.2 Å². The molecule has 0 aromatic carbocycles. The molecule has 1 amide bonds. The highest BCUT2D eigenvalue weighted by Gasteiger charge is 2.37. The lowest BCUT2D eigenvalue weighted by Crippen LogP contribution is -2.42. The molecular weight excluding hydrogens is 270 g/mol. The average Bonchev–Trinajstić information content (AvgIpc) is 2.92. The molecule has 3 heterocycles. The zero-order valence-electron chi connectivity index (χ0n) is 12.1. The Morgan fingerprint density at radius 2 is 2.30 bits per heavy atom. The smallest absolute Gasteiger partial charge is 0.223 e. The van der Waals surface area contributed by atoms with Gasteiger partial charge in [-0.25, -0.2) is 4.98 Å². The fourth-order valence-electron chi connectivity index (χ4n) is 3.46. The second kappa shape index (κ2) is 6.22. The number of fused-ring (bicyclic) bond motifs is 2. The van der Waals surface area contributed by atoms with Crippen LogP contribution in [-0.2, 0) is 11.2 Å².